The normalized spacial score (nSPS) is 18.7. The van der Waals surface area contributed by atoms with Gasteiger partial charge in [-0.3, -0.25) is 0 Å². The first-order valence-electron chi connectivity index (χ1n) is 7.34. The van der Waals surface area contributed by atoms with Gasteiger partial charge in [0.1, 0.15) is 5.75 Å². The fourth-order valence-electron chi connectivity index (χ4n) is 2.78. The number of likely N-dealkylation sites (tertiary alicyclic amines) is 1. The smallest absolute Gasteiger partial charge is 0.340 e. The van der Waals surface area contributed by atoms with Crippen molar-refractivity contribution in [2.75, 3.05) is 33.0 Å². The van der Waals surface area contributed by atoms with Gasteiger partial charge in [0.15, 0.2) is 0 Å². The van der Waals surface area contributed by atoms with Crippen molar-refractivity contribution in [1.82, 2.24) is 4.90 Å². The van der Waals surface area contributed by atoms with Crippen LogP contribution in [0.25, 0.3) is 0 Å². The maximum absolute atomic E-state index is 11.7. The fraction of sp³-hybridized carbons (Fsp3) is 0.562. The van der Waals surface area contributed by atoms with Crippen molar-refractivity contribution in [2.45, 2.75) is 32.2 Å². The zero-order valence-corrected chi connectivity index (χ0v) is 13.0. The Bertz CT molecular complexity index is 516. The number of esters is 1. The number of anilines is 1. The molecule has 21 heavy (non-hydrogen) atoms. The Balaban J connectivity index is 2.00. The van der Waals surface area contributed by atoms with Crippen LogP contribution in [0, 0.1) is 6.92 Å². The molecule has 1 unspecified atom stereocenters. The molecule has 1 saturated heterocycles. The van der Waals surface area contributed by atoms with Crippen molar-refractivity contribution in [1.29, 1.82) is 0 Å². The Morgan fingerprint density at radius 3 is 2.86 bits per heavy atom. The molecule has 0 radical (unpaired) electrons. The summed E-state index contributed by atoms with van der Waals surface area (Å²) in [5, 5.41) is 0. The van der Waals surface area contributed by atoms with Gasteiger partial charge in [0.25, 0.3) is 0 Å². The number of hydrogen-bond acceptors (Lipinski definition) is 5. The number of rotatable bonds is 5. The minimum atomic E-state index is -0.434. The van der Waals surface area contributed by atoms with E-state index in [1.807, 2.05) is 13.0 Å². The number of carbonyl (C=O) groups is 1. The van der Waals surface area contributed by atoms with Gasteiger partial charge in [-0.25, -0.2) is 4.79 Å². The van der Waals surface area contributed by atoms with Crippen molar-refractivity contribution >= 4 is 11.7 Å². The monoisotopic (exact) mass is 292 g/mol. The zero-order chi connectivity index (χ0) is 15.4. The lowest BCUT2D eigenvalue weighted by Gasteiger charge is -2.19. The van der Waals surface area contributed by atoms with Crippen LogP contribution >= 0.6 is 0 Å². The Kier molecular flexibility index (Phi) is 5.07. The second kappa shape index (κ2) is 6.80. The molecular formula is C16H24N2O3. The molecule has 0 amide bonds. The topological polar surface area (TPSA) is 64.8 Å². The number of benzene rings is 1. The standard InChI is InChI=1S/C16H24N2O3/c1-11-9-13(10-14(15(11)17)16(19)20-3)21-8-6-12-5-4-7-18(12)2/h9-10,12H,4-8,17H2,1-3H3. The highest BCUT2D eigenvalue weighted by molar-refractivity contribution is 5.96. The Hall–Kier alpha value is -1.75. The van der Waals surface area contributed by atoms with E-state index in [-0.39, 0.29) is 0 Å². The van der Waals surface area contributed by atoms with Crippen molar-refractivity contribution in [3.05, 3.63) is 23.3 Å². The Morgan fingerprint density at radius 2 is 2.24 bits per heavy atom. The van der Waals surface area contributed by atoms with E-state index in [0.717, 1.165) is 18.5 Å². The SMILES string of the molecule is COC(=O)c1cc(OCCC2CCCN2C)cc(C)c1N. The van der Waals surface area contributed by atoms with Gasteiger partial charge in [-0.2, -0.15) is 0 Å². The van der Waals surface area contributed by atoms with Gasteiger partial charge in [0, 0.05) is 11.7 Å². The van der Waals surface area contributed by atoms with Gasteiger partial charge in [0.2, 0.25) is 0 Å². The van der Waals surface area contributed by atoms with Crippen LogP contribution in [0.4, 0.5) is 5.69 Å². The molecule has 1 fully saturated rings. The first kappa shape index (κ1) is 15.6. The Labute approximate surface area is 126 Å². The van der Waals surface area contributed by atoms with E-state index < -0.39 is 5.97 Å². The molecule has 2 rings (SSSR count). The number of nitrogens with two attached hydrogens (primary N) is 1. The zero-order valence-electron chi connectivity index (χ0n) is 13.0. The summed E-state index contributed by atoms with van der Waals surface area (Å²) in [6.45, 7) is 3.66. The van der Waals surface area contributed by atoms with Gasteiger partial charge >= 0.3 is 5.97 Å². The highest BCUT2D eigenvalue weighted by Crippen LogP contribution is 2.26. The molecule has 1 atom stereocenters. The third-order valence-electron chi connectivity index (χ3n) is 4.16. The Morgan fingerprint density at radius 1 is 1.48 bits per heavy atom. The molecule has 1 aromatic rings. The number of nitrogen functional groups attached to an aromatic ring is 1. The van der Waals surface area contributed by atoms with Crippen LogP contribution in [-0.2, 0) is 4.74 Å². The molecule has 0 bridgehead atoms. The summed E-state index contributed by atoms with van der Waals surface area (Å²) in [5.74, 6) is 0.235. The lowest BCUT2D eigenvalue weighted by atomic mass is 10.1. The summed E-state index contributed by atoms with van der Waals surface area (Å²) < 4.78 is 10.5. The third-order valence-corrected chi connectivity index (χ3v) is 4.16. The fourth-order valence-corrected chi connectivity index (χ4v) is 2.78. The van der Waals surface area contributed by atoms with Crippen molar-refractivity contribution in [3.8, 4) is 5.75 Å². The predicted molar refractivity (Wildman–Crippen MR) is 82.7 cm³/mol. The molecule has 1 aliphatic rings. The van der Waals surface area contributed by atoms with Gasteiger partial charge in [0.05, 0.1) is 19.3 Å². The van der Waals surface area contributed by atoms with Gasteiger partial charge in [-0.15, -0.1) is 0 Å². The number of methoxy groups -OCH3 is 1. The molecule has 1 heterocycles. The van der Waals surface area contributed by atoms with Crippen LogP contribution in [0.2, 0.25) is 0 Å². The van der Waals surface area contributed by atoms with Gasteiger partial charge < -0.3 is 20.1 Å². The molecule has 5 nitrogen and oxygen atoms in total. The van der Waals surface area contributed by atoms with E-state index in [9.17, 15) is 4.79 Å². The first-order chi connectivity index (χ1) is 10.0. The molecule has 0 spiro atoms. The average Bonchev–Trinajstić information content (AvgIpc) is 2.87. The largest absolute Gasteiger partial charge is 0.493 e. The van der Waals surface area contributed by atoms with Crippen LogP contribution in [-0.4, -0.2) is 44.2 Å². The van der Waals surface area contributed by atoms with Crippen LogP contribution in [0.1, 0.15) is 35.2 Å². The summed E-state index contributed by atoms with van der Waals surface area (Å²) in [6, 6.07) is 4.12. The quantitative estimate of drug-likeness (QED) is 0.666. The minimum Gasteiger partial charge on any atom is -0.493 e. The van der Waals surface area contributed by atoms with Crippen LogP contribution in [0.3, 0.4) is 0 Å². The van der Waals surface area contributed by atoms with E-state index in [1.54, 1.807) is 6.07 Å². The van der Waals surface area contributed by atoms with E-state index in [0.29, 0.717) is 29.6 Å². The molecule has 0 saturated carbocycles. The second-order valence-electron chi connectivity index (χ2n) is 5.61. The minimum absolute atomic E-state index is 0.366. The van der Waals surface area contributed by atoms with Crippen molar-refractivity contribution < 1.29 is 14.3 Å². The molecule has 0 aromatic heterocycles. The predicted octanol–water partition coefficient (Wildman–Crippen LogP) is 2.23. The summed E-state index contributed by atoms with van der Waals surface area (Å²) in [5.41, 5.74) is 7.55. The van der Waals surface area contributed by atoms with Crippen LogP contribution in [0.5, 0.6) is 5.75 Å². The van der Waals surface area contributed by atoms with Crippen molar-refractivity contribution in [3.63, 3.8) is 0 Å². The summed E-state index contributed by atoms with van der Waals surface area (Å²) in [7, 11) is 3.50. The number of nitrogens with zero attached hydrogens (tertiary/aromatic N) is 1. The van der Waals surface area contributed by atoms with E-state index in [1.165, 1.54) is 20.0 Å². The number of ether oxygens (including phenoxy) is 2. The molecular weight excluding hydrogens is 268 g/mol. The molecule has 5 heteroatoms. The molecule has 116 valence electrons. The molecule has 0 aliphatic carbocycles. The van der Waals surface area contributed by atoms with Gasteiger partial charge in [-0.1, -0.05) is 0 Å². The lowest BCUT2D eigenvalue weighted by Crippen LogP contribution is -2.26. The highest BCUT2D eigenvalue weighted by Gasteiger charge is 2.20. The van der Waals surface area contributed by atoms with Gasteiger partial charge in [-0.05, 0) is 57.5 Å². The van der Waals surface area contributed by atoms with Crippen LogP contribution in [0.15, 0.2) is 12.1 Å². The number of carbonyl (C=O) groups excluding carboxylic acids is 1. The van der Waals surface area contributed by atoms with E-state index >= 15 is 0 Å². The average molecular weight is 292 g/mol. The van der Waals surface area contributed by atoms with Crippen LogP contribution < -0.4 is 10.5 Å². The summed E-state index contributed by atoms with van der Waals surface area (Å²) in [6.07, 6.45) is 3.48. The maximum atomic E-state index is 11.7. The molecule has 1 aromatic carbocycles. The van der Waals surface area contributed by atoms with E-state index in [4.69, 9.17) is 15.2 Å². The first-order valence-corrected chi connectivity index (χ1v) is 7.34. The number of hydrogen-bond donors (Lipinski definition) is 1. The molecule has 2 N–H and O–H groups in total. The van der Waals surface area contributed by atoms with Crippen molar-refractivity contribution in [2.24, 2.45) is 0 Å². The number of aryl methyl sites for hydroxylation is 1. The molecule has 1 aliphatic heterocycles. The highest BCUT2D eigenvalue weighted by atomic mass is 16.5. The summed E-state index contributed by atoms with van der Waals surface area (Å²) >= 11 is 0. The third kappa shape index (κ3) is 3.67. The summed E-state index contributed by atoms with van der Waals surface area (Å²) in [4.78, 5) is 14.1. The lowest BCUT2D eigenvalue weighted by molar-refractivity contribution is 0.0601. The second-order valence-corrected chi connectivity index (χ2v) is 5.61. The maximum Gasteiger partial charge on any atom is 0.340 e. The van der Waals surface area contributed by atoms with E-state index in [2.05, 4.69) is 11.9 Å².